The van der Waals surface area contributed by atoms with Crippen molar-refractivity contribution >= 4 is 11.9 Å². The largest absolute Gasteiger partial charge is 0.329 e. The Morgan fingerprint density at radius 3 is 2.92 bits per heavy atom. The summed E-state index contributed by atoms with van der Waals surface area (Å²) in [4.78, 5) is 31.6. The molecule has 0 aromatic carbocycles. The van der Waals surface area contributed by atoms with Crippen molar-refractivity contribution in [1.29, 1.82) is 0 Å². The van der Waals surface area contributed by atoms with Gasteiger partial charge < -0.3 is 10.6 Å². The molecular formula is C17H25N5O2. The lowest BCUT2D eigenvalue weighted by Crippen LogP contribution is -2.43. The first kappa shape index (κ1) is 16.9. The standard InChI is InChI=1S/C17H25N5O2/c23-16-12-20-17(24)22(16)11-10-21(13-14-4-1-2-8-19-14)15-5-3-7-18-9-6-15/h1-2,4,8,15,18H,3,5-7,9-13H2,(H,20,24). The maximum absolute atomic E-state index is 11.8. The third kappa shape index (κ3) is 4.30. The Morgan fingerprint density at radius 2 is 2.17 bits per heavy atom. The predicted molar refractivity (Wildman–Crippen MR) is 90.3 cm³/mol. The normalized spacial score (nSPS) is 21.9. The van der Waals surface area contributed by atoms with Gasteiger partial charge in [-0.15, -0.1) is 0 Å². The zero-order valence-electron chi connectivity index (χ0n) is 13.9. The van der Waals surface area contributed by atoms with Crippen LogP contribution in [0.1, 0.15) is 25.0 Å². The van der Waals surface area contributed by atoms with Crippen LogP contribution in [0.15, 0.2) is 24.4 Å². The fourth-order valence-electron chi connectivity index (χ4n) is 3.37. The van der Waals surface area contributed by atoms with Crippen molar-refractivity contribution in [2.24, 2.45) is 0 Å². The van der Waals surface area contributed by atoms with Crippen LogP contribution in [0.2, 0.25) is 0 Å². The van der Waals surface area contributed by atoms with Crippen molar-refractivity contribution in [3.8, 4) is 0 Å². The number of aromatic nitrogens is 1. The molecule has 0 aliphatic carbocycles. The molecule has 3 amide bonds. The maximum Gasteiger partial charge on any atom is 0.324 e. The van der Waals surface area contributed by atoms with Gasteiger partial charge in [0.25, 0.3) is 0 Å². The molecule has 1 atom stereocenters. The molecule has 2 aliphatic rings. The molecule has 0 bridgehead atoms. The van der Waals surface area contributed by atoms with E-state index in [1.165, 1.54) is 4.90 Å². The molecule has 130 valence electrons. The Balaban J connectivity index is 1.66. The number of hydrogen-bond acceptors (Lipinski definition) is 5. The molecule has 0 radical (unpaired) electrons. The van der Waals surface area contributed by atoms with E-state index < -0.39 is 0 Å². The van der Waals surface area contributed by atoms with Gasteiger partial charge in [-0.1, -0.05) is 6.07 Å². The fourth-order valence-corrected chi connectivity index (χ4v) is 3.37. The SMILES string of the molecule is O=C1CNC(=O)N1CCN(Cc1ccccn1)C1CCCNCC1. The van der Waals surface area contributed by atoms with Crippen molar-refractivity contribution in [1.82, 2.24) is 25.4 Å². The summed E-state index contributed by atoms with van der Waals surface area (Å²) in [6.07, 6.45) is 5.15. The van der Waals surface area contributed by atoms with Crippen LogP contribution in [0.5, 0.6) is 0 Å². The molecule has 2 aliphatic heterocycles. The van der Waals surface area contributed by atoms with Gasteiger partial charge in [-0.25, -0.2) is 4.79 Å². The lowest BCUT2D eigenvalue weighted by atomic mass is 10.1. The molecule has 2 saturated heterocycles. The number of carbonyl (C=O) groups is 2. The van der Waals surface area contributed by atoms with Crippen molar-refractivity contribution in [2.75, 3.05) is 32.7 Å². The van der Waals surface area contributed by atoms with Crippen molar-refractivity contribution in [2.45, 2.75) is 31.8 Å². The van der Waals surface area contributed by atoms with Gasteiger partial charge in [0.05, 0.1) is 12.2 Å². The van der Waals surface area contributed by atoms with Crippen molar-refractivity contribution < 1.29 is 9.59 Å². The summed E-state index contributed by atoms with van der Waals surface area (Å²) in [6, 6.07) is 6.10. The molecule has 0 spiro atoms. The summed E-state index contributed by atoms with van der Waals surface area (Å²) in [5.41, 5.74) is 1.02. The van der Waals surface area contributed by atoms with Crippen molar-refractivity contribution in [3.05, 3.63) is 30.1 Å². The number of rotatable bonds is 6. The number of pyridine rings is 1. The van der Waals surface area contributed by atoms with E-state index in [1.807, 2.05) is 18.2 Å². The maximum atomic E-state index is 11.8. The van der Waals surface area contributed by atoms with Crippen LogP contribution in [-0.4, -0.2) is 65.5 Å². The van der Waals surface area contributed by atoms with Gasteiger partial charge >= 0.3 is 6.03 Å². The van der Waals surface area contributed by atoms with Gasteiger partial charge in [-0.05, 0) is 44.5 Å². The summed E-state index contributed by atoms with van der Waals surface area (Å²) >= 11 is 0. The fraction of sp³-hybridized carbons (Fsp3) is 0.588. The first-order valence-electron chi connectivity index (χ1n) is 8.67. The van der Waals surface area contributed by atoms with E-state index in [-0.39, 0.29) is 18.5 Å². The molecule has 7 heteroatoms. The van der Waals surface area contributed by atoms with E-state index in [1.54, 1.807) is 6.20 Å². The van der Waals surface area contributed by atoms with Gasteiger partial charge in [-0.2, -0.15) is 0 Å². The van der Waals surface area contributed by atoms with Crippen LogP contribution in [-0.2, 0) is 11.3 Å². The van der Waals surface area contributed by atoms with Gasteiger partial charge in [-0.3, -0.25) is 19.6 Å². The Hall–Kier alpha value is -1.99. The van der Waals surface area contributed by atoms with E-state index >= 15 is 0 Å². The monoisotopic (exact) mass is 331 g/mol. The highest BCUT2D eigenvalue weighted by Gasteiger charge is 2.29. The number of carbonyl (C=O) groups excluding carboxylic acids is 2. The average Bonchev–Trinajstić information content (AvgIpc) is 2.81. The van der Waals surface area contributed by atoms with Gasteiger partial charge in [0.15, 0.2) is 0 Å². The molecule has 1 aromatic rings. The summed E-state index contributed by atoms with van der Waals surface area (Å²) in [5.74, 6) is -0.139. The van der Waals surface area contributed by atoms with E-state index in [0.29, 0.717) is 19.1 Å². The number of nitrogens with zero attached hydrogens (tertiary/aromatic N) is 3. The molecular weight excluding hydrogens is 306 g/mol. The number of imide groups is 1. The Bertz CT molecular complexity index is 541. The highest BCUT2D eigenvalue weighted by atomic mass is 16.2. The minimum atomic E-state index is -0.277. The summed E-state index contributed by atoms with van der Waals surface area (Å²) in [5, 5.41) is 6.02. The minimum absolute atomic E-state index is 0.117. The molecule has 24 heavy (non-hydrogen) atoms. The number of hydrogen-bond donors (Lipinski definition) is 2. The molecule has 2 fully saturated rings. The second-order valence-electron chi connectivity index (χ2n) is 6.33. The number of nitrogens with one attached hydrogen (secondary N) is 2. The summed E-state index contributed by atoms with van der Waals surface area (Å²) in [6.45, 7) is 4.04. The summed E-state index contributed by atoms with van der Waals surface area (Å²) in [7, 11) is 0. The van der Waals surface area contributed by atoms with Gasteiger partial charge in [0.2, 0.25) is 5.91 Å². The smallest absolute Gasteiger partial charge is 0.324 e. The van der Waals surface area contributed by atoms with E-state index in [9.17, 15) is 9.59 Å². The third-order valence-corrected chi connectivity index (χ3v) is 4.70. The number of amides is 3. The summed E-state index contributed by atoms with van der Waals surface area (Å²) < 4.78 is 0. The minimum Gasteiger partial charge on any atom is -0.329 e. The van der Waals surface area contributed by atoms with Crippen LogP contribution in [0.4, 0.5) is 4.79 Å². The zero-order chi connectivity index (χ0) is 16.8. The molecule has 1 unspecified atom stereocenters. The molecule has 2 N–H and O–H groups in total. The van der Waals surface area contributed by atoms with E-state index in [0.717, 1.165) is 44.6 Å². The highest BCUT2D eigenvalue weighted by Crippen LogP contribution is 2.16. The second-order valence-corrected chi connectivity index (χ2v) is 6.33. The van der Waals surface area contributed by atoms with E-state index in [2.05, 4.69) is 20.5 Å². The Labute approximate surface area is 142 Å². The molecule has 1 aromatic heterocycles. The number of urea groups is 1. The van der Waals surface area contributed by atoms with Crippen LogP contribution < -0.4 is 10.6 Å². The van der Waals surface area contributed by atoms with Gasteiger partial charge in [0.1, 0.15) is 0 Å². The molecule has 7 nitrogen and oxygen atoms in total. The lowest BCUT2D eigenvalue weighted by molar-refractivity contribution is -0.125. The topological polar surface area (TPSA) is 77.6 Å². The predicted octanol–water partition coefficient (Wildman–Crippen LogP) is 0.577. The molecule has 0 saturated carbocycles. The second kappa shape index (κ2) is 8.21. The van der Waals surface area contributed by atoms with Crippen molar-refractivity contribution in [3.63, 3.8) is 0 Å². The first-order chi connectivity index (χ1) is 11.7. The first-order valence-corrected chi connectivity index (χ1v) is 8.67. The van der Waals surface area contributed by atoms with E-state index in [4.69, 9.17) is 0 Å². The van der Waals surface area contributed by atoms with Crippen LogP contribution >= 0.6 is 0 Å². The Kier molecular flexibility index (Phi) is 5.77. The zero-order valence-corrected chi connectivity index (χ0v) is 13.9. The van der Waals surface area contributed by atoms with Crippen LogP contribution in [0, 0.1) is 0 Å². The average molecular weight is 331 g/mol. The van der Waals surface area contributed by atoms with Crippen LogP contribution in [0.25, 0.3) is 0 Å². The van der Waals surface area contributed by atoms with Crippen LogP contribution in [0.3, 0.4) is 0 Å². The quantitative estimate of drug-likeness (QED) is 0.746. The third-order valence-electron chi connectivity index (χ3n) is 4.70. The Morgan fingerprint density at radius 1 is 1.25 bits per heavy atom. The lowest BCUT2D eigenvalue weighted by Gasteiger charge is -2.31. The highest BCUT2D eigenvalue weighted by molar-refractivity contribution is 6.01. The molecule has 3 rings (SSSR count). The molecule has 3 heterocycles. The van der Waals surface area contributed by atoms with Gasteiger partial charge in [0, 0.05) is 31.9 Å².